The predicted molar refractivity (Wildman–Crippen MR) is 125 cm³/mol. The first-order chi connectivity index (χ1) is 17.4. The molecular weight excluding hydrogens is 486 g/mol. The first kappa shape index (κ1) is 24.6. The second-order valence-electron chi connectivity index (χ2n) is 11.0. The minimum absolute atomic E-state index is 0.0349. The molecule has 2 bridgehead atoms. The number of nitrogens with zero attached hydrogens (tertiary/aromatic N) is 1. The lowest BCUT2D eigenvalue weighted by atomic mass is 9.52. The number of likely N-dealkylation sites (N-methyl/N-ethyl adjacent to an activating group) is 1. The molecule has 11 nitrogen and oxygen atoms in total. The number of aliphatic hydroxyl groups is 3. The Hall–Kier alpha value is -2.70. The van der Waals surface area contributed by atoms with Crippen molar-refractivity contribution in [3.63, 3.8) is 0 Å². The number of aliphatic hydroxyl groups excluding tert-OH is 2. The molecule has 0 amide bonds. The second-order valence-corrected chi connectivity index (χ2v) is 11.0. The third-order valence-electron chi connectivity index (χ3n) is 9.21. The largest absolute Gasteiger partial charge is 0.504 e. The van der Waals surface area contributed by atoms with Crippen LogP contribution in [0.4, 0.5) is 0 Å². The molecule has 200 valence electrons. The van der Waals surface area contributed by atoms with Crippen LogP contribution in [0.15, 0.2) is 18.2 Å². The Balaban J connectivity index is 1.63. The van der Waals surface area contributed by atoms with E-state index in [9.17, 15) is 35.1 Å². The summed E-state index contributed by atoms with van der Waals surface area (Å²) in [6, 6.07) is 1.21. The van der Waals surface area contributed by atoms with E-state index in [0.717, 1.165) is 13.5 Å². The molecule has 3 heterocycles. The Morgan fingerprint density at radius 3 is 2.65 bits per heavy atom. The summed E-state index contributed by atoms with van der Waals surface area (Å²) in [4.78, 5) is 26.4. The summed E-state index contributed by atoms with van der Waals surface area (Å²) in [5, 5.41) is 55.5. The van der Waals surface area contributed by atoms with Crippen molar-refractivity contribution in [2.45, 2.75) is 80.4 Å². The van der Waals surface area contributed by atoms with Gasteiger partial charge in [-0.25, -0.2) is 4.79 Å². The van der Waals surface area contributed by atoms with Crippen molar-refractivity contribution in [2.24, 2.45) is 5.92 Å². The number of piperidine rings is 1. The maximum atomic E-state index is 12.3. The molecule has 2 saturated heterocycles. The fourth-order valence-electron chi connectivity index (χ4n) is 7.64. The van der Waals surface area contributed by atoms with E-state index < -0.39 is 59.6 Å². The van der Waals surface area contributed by atoms with Crippen LogP contribution in [0.5, 0.6) is 11.5 Å². The number of ether oxygens (including phenoxy) is 3. The number of phenols is 1. The number of likely N-dealkylation sites (tertiary alicyclic amines) is 1. The molecule has 0 aromatic heterocycles. The molecule has 2 fully saturated rings. The normalized spacial score (nSPS) is 43.6. The maximum absolute atomic E-state index is 12.3. The topological polar surface area (TPSA) is 166 Å². The highest BCUT2D eigenvalue weighted by atomic mass is 16.6. The Kier molecular flexibility index (Phi) is 5.26. The van der Waals surface area contributed by atoms with Crippen LogP contribution in [0.3, 0.4) is 0 Å². The molecule has 1 aromatic rings. The Morgan fingerprint density at radius 2 is 1.97 bits per heavy atom. The number of esters is 1. The van der Waals surface area contributed by atoms with Crippen LogP contribution in [0, 0.1) is 5.92 Å². The zero-order chi connectivity index (χ0) is 26.6. The van der Waals surface area contributed by atoms with Gasteiger partial charge in [0.25, 0.3) is 0 Å². The van der Waals surface area contributed by atoms with Gasteiger partial charge in [0.2, 0.25) is 0 Å². The summed E-state index contributed by atoms with van der Waals surface area (Å²) >= 11 is 0. The van der Waals surface area contributed by atoms with E-state index in [-0.39, 0.29) is 29.0 Å². The Bertz CT molecular complexity index is 1220. The molecule has 2 aliphatic carbocycles. The molecule has 6 rings (SSSR count). The van der Waals surface area contributed by atoms with Crippen LogP contribution in [0.2, 0.25) is 0 Å². The number of phenolic OH excluding ortho intramolecular Hbond substituents is 1. The summed E-state index contributed by atoms with van der Waals surface area (Å²) < 4.78 is 17.0. The van der Waals surface area contributed by atoms with Crippen molar-refractivity contribution >= 4 is 11.9 Å². The van der Waals surface area contributed by atoms with E-state index in [2.05, 4.69) is 4.90 Å². The quantitative estimate of drug-likeness (QED) is 0.260. The highest BCUT2D eigenvalue weighted by Gasteiger charge is 2.67. The zero-order valence-corrected chi connectivity index (χ0v) is 20.7. The average molecular weight is 518 g/mol. The molecule has 0 radical (unpaired) electrons. The average Bonchev–Trinajstić information content (AvgIpc) is 3.19. The summed E-state index contributed by atoms with van der Waals surface area (Å²) in [6.07, 6.45) is -3.24. The van der Waals surface area contributed by atoms with Gasteiger partial charge < -0.3 is 44.6 Å². The summed E-state index contributed by atoms with van der Waals surface area (Å²) in [5.41, 5.74) is -1.81. The minimum Gasteiger partial charge on any atom is -0.504 e. The molecule has 0 saturated carbocycles. The first-order valence-electron chi connectivity index (χ1n) is 12.5. The molecule has 5 aliphatic rings. The van der Waals surface area contributed by atoms with Crippen LogP contribution >= 0.6 is 0 Å². The third kappa shape index (κ3) is 3.00. The van der Waals surface area contributed by atoms with Crippen LogP contribution in [-0.2, 0) is 36.5 Å². The number of aromatic hydroxyl groups is 1. The number of carboxylic acids is 1. The standard InChI is InChI=1S/C26H31NO10/c1-10-21(31)26(34,23(36-11(2)28)20(35-10)24(32)33)14-9-17(30)19-18-12(14)8-15-13-4-5-16(29)22(37-19)25(13,18)6-7-27(15)3/h4-5,9-10,13,15-16,20-23,29-31,34H,6-8H2,1-3H3,(H,32,33)/t10-,13+,15-,16+,20-,21-,22+,23+,25+,26+/m1/s1. The lowest BCUT2D eigenvalue weighted by Gasteiger charge is -2.57. The van der Waals surface area contributed by atoms with E-state index in [0.29, 0.717) is 24.0 Å². The molecule has 1 spiro atoms. The number of carboxylic acid groups (broad SMARTS) is 1. The zero-order valence-electron chi connectivity index (χ0n) is 20.7. The lowest BCUT2D eigenvalue weighted by molar-refractivity contribution is -0.276. The lowest BCUT2D eigenvalue weighted by Crippen LogP contribution is -2.68. The fraction of sp³-hybridized carbons (Fsp3) is 0.615. The maximum Gasteiger partial charge on any atom is 0.336 e. The van der Waals surface area contributed by atoms with Crippen molar-refractivity contribution < 1.29 is 49.3 Å². The number of carbonyl (C=O) groups is 2. The van der Waals surface area contributed by atoms with Gasteiger partial charge in [-0.05, 0) is 50.6 Å². The predicted octanol–water partition coefficient (Wildman–Crippen LogP) is -0.450. The van der Waals surface area contributed by atoms with E-state index in [1.165, 1.54) is 13.0 Å². The molecule has 37 heavy (non-hydrogen) atoms. The van der Waals surface area contributed by atoms with E-state index in [4.69, 9.17) is 14.2 Å². The number of rotatable bonds is 3. The molecule has 5 N–H and O–H groups in total. The van der Waals surface area contributed by atoms with Gasteiger partial charge in [0, 0.05) is 29.9 Å². The molecule has 10 atom stereocenters. The number of carbonyl (C=O) groups excluding carboxylic acids is 1. The Labute approximate surface area is 212 Å². The minimum atomic E-state index is -2.42. The third-order valence-corrected chi connectivity index (χ3v) is 9.21. The van der Waals surface area contributed by atoms with E-state index in [1.807, 2.05) is 13.1 Å². The molecule has 1 aromatic carbocycles. The van der Waals surface area contributed by atoms with E-state index in [1.54, 1.807) is 6.08 Å². The van der Waals surface area contributed by atoms with Gasteiger partial charge >= 0.3 is 11.9 Å². The first-order valence-corrected chi connectivity index (χ1v) is 12.5. The number of aliphatic carboxylic acids is 1. The van der Waals surface area contributed by atoms with E-state index >= 15 is 0 Å². The molecule has 3 aliphatic heterocycles. The van der Waals surface area contributed by atoms with Crippen molar-refractivity contribution in [1.82, 2.24) is 4.90 Å². The number of benzene rings is 1. The summed E-state index contributed by atoms with van der Waals surface area (Å²) in [5.74, 6) is -2.46. The smallest absolute Gasteiger partial charge is 0.336 e. The van der Waals surface area contributed by atoms with Crippen molar-refractivity contribution in [3.05, 3.63) is 34.9 Å². The van der Waals surface area contributed by atoms with Crippen LogP contribution < -0.4 is 4.74 Å². The van der Waals surface area contributed by atoms with Crippen LogP contribution in [0.25, 0.3) is 0 Å². The van der Waals surface area contributed by atoms with Gasteiger partial charge in [-0.2, -0.15) is 0 Å². The molecular formula is C26H31NO10. The monoisotopic (exact) mass is 517 g/mol. The molecule has 0 unspecified atom stereocenters. The van der Waals surface area contributed by atoms with Crippen molar-refractivity contribution in [3.8, 4) is 11.5 Å². The van der Waals surface area contributed by atoms with Gasteiger partial charge in [0.15, 0.2) is 29.3 Å². The molecule has 11 heteroatoms. The fourth-order valence-corrected chi connectivity index (χ4v) is 7.64. The van der Waals surface area contributed by atoms with Crippen LogP contribution in [-0.4, -0.2) is 98.6 Å². The summed E-state index contributed by atoms with van der Waals surface area (Å²) in [7, 11) is 2.00. The second kappa shape index (κ2) is 7.90. The number of hydrogen-bond acceptors (Lipinski definition) is 10. The highest BCUT2D eigenvalue weighted by molar-refractivity contribution is 5.76. The summed E-state index contributed by atoms with van der Waals surface area (Å²) in [6.45, 7) is 3.22. The highest BCUT2D eigenvalue weighted by Crippen LogP contribution is 2.64. The van der Waals surface area contributed by atoms with Crippen molar-refractivity contribution in [2.75, 3.05) is 13.6 Å². The van der Waals surface area contributed by atoms with Gasteiger partial charge in [-0.1, -0.05) is 12.2 Å². The SMILES string of the molecule is CC(=O)O[C@H]1[C@H](C(=O)O)O[C@H](C)[C@@H](O)[C@@]1(O)c1cc(O)c2c3c1C[C@@H]1[C@@H]4C=C[C@H](O)[C@H](O2)[C@]34CCN1C. The van der Waals surface area contributed by atoms with Gasteiger partial charge in [0.05, 0.1) is 6.10 Å². The van der Waals surface area contributed by atoms with Gasteiger partial charge in [-0.3, -0.25) is 4.79 Å². The van der Waals surface area contributed by atoms with Crippen molar-refractivity contribution in [1.29, 1.82) is 0 Å². The van der Waals surface area contributed by atoms with Crippen LogP contribution in [0.1, 0.15) is 37.0 Å². The van der Waals surface area contributed by atoms with Gasteiger partial charge in [-0.15, -0.1) is 0 Å². The van der Waals surface area contributed by atoms with Gasteiger partial charge in [0.1, 0.15) is 18.3 Å². The Morgan fingerprint density at radius 1 is 1.24 bits per heavy atom. The number of hydrogen-bond donors (Lipinski definition) is 5.